The average molecular weight is 679 g/mol. The van der Waals surface area contributed by atoms with Gasteiger partial charge in [-0.1, -0.05) is 89.2 Å². The third-order valence-corrected chi connectivity index (χ3v) is 10.7. The first-order valence-electron chi connectivity index (χ1n) is 16.1. The van der Waals surface area contributed by atoms with Crippen LogP contribution in [0.1, 0.15) is 119 Å². The van der Waals surface area contributed by atoms with E-state index in [4.69, 9.17) is 9.47 Å². The van der Waals surface area contributed by atoms with Gasteiger partial charge in [0.2, 0.25) is 0 Å². The van der Waals surface area contributed by atoms with Crippen molar-refractivity contribution in [1.82, 2.24) is 0 Å². The lowest BCUT2D eigenvalue weighted by Gasteiger charge is -2.39. The first kappa shape index (κ1) is 39.0. The number of benzene rings is 2. The lowest BCUT2D eigenvalue weighted by atomic mass is 9.79. The summed E-state index contributed by atoms with van der Waals surface area (Å²) >= 11 is 3.51. The molecule has 46 heavy (non-hydrogen) atoms. The molecule has 1 aliphatic rings. The van der Waals surface area contributed by atoms with Gasteiger partial charge in [-0.3, -0.25) is 0 Å². The molecule has 1 fully saturated rings. The Morgan fingerprint density at radius 3 is 1.61 bits per heavy atom. The van der Waals surface area contributed by atoms with Gasteiger partial charge >= 0.3 is 0 Å². The fourth-order valence-corrected chi connectivity index (χ4v) is 8.53. The normalized spacial score (nSPS) is 23.5. The minimum atomic E-state index is -1.63. The van der Waals surface area contributed by atoms with Crippen LogP contribution in [0.15, 0.2) is 34.1 Å². The molecule has 2 aromatic rings. The van der Waals surface area contributed by atoms with Crippen molar-refractivity contribution in [3.8, 4) is 11.5 Å². The van der Waals surface area contributed by atoms with Crippen molar-refractivity contribution in [3.63, 3.8) is 0 Å². The summed E-state index contributed by atoms with van der Waals surface area (Å²) in [7, 11) is 0. The topological polar surface area (TPSA) is 120 Å². The SMILES string of the molecule is CC(C)(Sc1cc(C(C)(C)C)c(O)c(C(C)(C)C)c1)Sc1ccc(C(C)(C)C)c(OCC2OC(O)C(O)C(O)C2O)c1C(C)(C)C. The molecule has 0 aliphatic carbocycles. The molecule has 7 nitrogen and oxygen atoms in total. The minimum Gasteiger partial charge on any atom is -0.507 e. The van der Waals surface area contributed by atoms with E-state index in [-0.39, 0.29) is 32.3 Å². The van der Waals surface area contributed by atoms with Crippen molar-refractivity contribution >= 4 is 23.5 Å². The Labute approximate surface area is 285 Å². The van der Waals surface area contributed by atoms with E-state index in [1.165, 1.54) is 0 Å². The number of phenolic OH excluding ortho intramolecular Hbond substituents is 1. The molecule has 3 rings (SSSR count). The Kier molecular flexibility index (Phi) is 11.4. The molecule has 0 amide bonds. The molecular formula is C37H58O7S2. The molecule has 1 aliphatic heterocycles. The number of aliphatic hydroxyl groups is 4. The zero-order valence-corrected chi connectivity index (χ0v) is 31.9. The highest BCUT2D eigenvalue weighted by Gasteiger charge is 2.44. The maximum absolute atomic E-state index is 11.3. The zero-order chi connectivity index (χ0) is 35.4. The third-order valence-electron chi connectivity index (χ3n) is 8.18. The maximum Gasteiger partial charge on any atom is 0.184 e. The van der Waals surface area contributed by atoms with Gasteiger partial charge in [-0.2, -0.15) is 0 Å². The second kappa shape index (κ2) is 13.4. The van der Waals surface area contributed by atoms with E-state index in [0.717, 1.165) is 32.0 Å². The minimum absolute atomic E-state index is 0.126. The van der Waals surface area contributed by atoms with Gasteiger partial charge in [0.15, 0.2) is 6.29 Å². The summed E-state index contributed by atoms with van der Waals surface area (Å²) < 4.78 is 11.6. The Morgan fingerprint density at radius 1 is 0.652 bits per heavy atom. The molecule has 260 valence electrons. The van der Waals surface area contributed by atoms with Gasteiger partial charge in [-0.25, -0.2) is 0 Å². The van der Waals surface area contributed by atoms with E-state index in [9.17, 15) is 25.5 Å². The molecule has 1 saturated heterocycles. The Hall–Kier alpha value is -1.46. The van der Waals surface area contributed by atoms with Crippen LogP contribution in [0, 0.1) is 0 Å². The summed E-state index contributed by atoms with van der Waals surface area (Å²) in [4.78, 5) is 2.15. The number of rotatable bonds is 7. The predicted molar refractivity (Wildman–Crippen MR) is 190 cm³/mol. The Balaban J connectivity index is 2.08. The first-order chi connectivity index (χ1) is 20.6. The maximum atomic E-state index is 11.3. The highest BCUT2D eigenvalue weighted by atomic mass is 32.2. The lowest BCUT2D eigenvalue weighted by molar-refractivity contribution is -0.285. The van der Waals surface area contributed by atoms with Crippen LogP contribution in [0.3, 0.4) is 0 Å². The molecular weight excluding hydrogens is 621 g/mol. The second-order valence-corrected chi connectivity index (χ2v) is 20.8. The second-order valence-electron chi connectivity index (χ2n) is 17.1. The van der Waals surface area contributed by atoms with Crippen molar-refractivity contribution in [1.29, 1.82) is 0 Å². The van der Waals surface area contributed by atoms with E-state index in [1.807, 2.05) is 0 Å². The molecule has 0 bridgehead atoms. The van der Waals surface area contributed by atoms with Gasteiger partial charge in [0, 0.05) is 26.5 Å². The number of aromatic hydroxyl groups is 1. The average Bonchev–Trinajstić information content (AvgIpc) is 2.86. The van der Waals surface area contributed by atoms with Crippen LogP contribution in [0.25, 0.3) is 0 Å². The molecule has 5 atom stereocenters. The van der Waals surface area contributed by atoms with Crippen LogP contribution in [0.4, 0.5) is 0 Å². The van der Waals surface area contributed by atoms with E-state index >= 15 is 0 Å². The molecule has 1 heterocycles. The summed E-state index contributed by atoms with van der Waals surface area (Å²) in [6.07, 6.45) is -7.26. The fourth-order valence-electron chi connectivity index (χ4n) is 5.71. The summed E-state index contributed by atoms with van der Waals surface area (Å²) in [5.41, 5.74) is 2.79. The van der Waals surface area contributed by atoms with Crippen molar-refractivity contribution in [2.75, 3.05) is 6.61 Å². The summed E-state index contributed by atoms with van der Waals surface area (Å²) in [6, 6.07) is 8.49. The zero-order valence-electron chi connectivity index (χ0n) is 30.3. The lowest BCUT2D eigenvalue weighted by Crippen LogP contribution is -2.58. The van der Waals surface area contributed by atoms with Crippen LogP contribution < -0.4 is 4.74 Å². The van der Waals surface area contributed by atoms with Crippen LogP contribution in [-0.2, 0) is 26.4 Å². The monoisotopic (exact) mass is 678 g/mol. The molecule has 9 heteroatoms. The smallest absolute Gasteiger partial charge is 0.184 e. The van der Waals surface area contributed by atoms with Crippen LogP contribution in [0.2, 0.25) is 0 Å². The molecule has 5 N–H and O–H groups in total. The molecule has 2 aromatic carbocycles. The van der Waals surface area contributed by atoms with E-state index < -0.39 is 30.7 Å². The third kappa shape index (κ3) is 8.95. The summed E-state index contributed by atoms with van der Waals surface area (Å²) in [6.45, 7) is 29.8. The fraction of sp³-hybridized carbons (Fsp3) is 0.676. The highest BCUT2D eigenvalue weighted by Crippen LogP contribution is 2.53. The van der Waals surface area contributed by atoms with Crippen molar-refractivity contribution < 1.29 is 35.0 Å². The number of ether oxygens (including phenoxy) is 2. The van der Waals surface area contributed by atoms with E-state index in [2.05, 4.69) is 121 Å². The van der Waals surface area contributed by atoms with Crippen LogP contribution in [0.5, 0.6) is 11.5 Å². The van der Waals surface area contributed by atoms with Gasteiger partial charge in [0.05, 0.1) is 4.08 Å². The van der Waals surface area contributed by atoms with Gasteiger partial charge < -0.3 is 35.0 Å². The molecule has 0 spiro atoms. The van der Waals surface area contributed by atoms with Crippen LogP contribution in [-0.4, -0.2) is 66.9 Å². The van der Waals surface area contributed by atoms with Crippen molar-refractivity contribution in [3.05, 3.63) is 46.5 Å². The Morgan fingerprint density at radius 2 is 1.15 bits per heavy atom. The van der Waals surface area contributed by atoms with Crippen molar-refractivity contribution in [2.45, 2.75) is 163 Å². The number of hydrogen-bond acceptors (Lipinski definition) is 9. The summed E-state index contributed by atoms with van der Waals surface area (Å²) in [5.74, 6) is 1.05. The summed E-state index contributed by atoms with van der Waals surface area (Å²) in [5, 5.41) is 52.2. The number of thioether (sulfide) groups is 2. The van der Waals surface area contributed by atoms with E-state index in [0.29, 0.717) is 11.5 Å². The largest absolute Gasteiger partial charge is 0.507 e. The van der Waals surface area contributed by atoms with Gasteiger partial charge in [0.1, 0.15) is 42.5 Å². The van der Waals surface area contributed by atoms with Crippen molar-refractivity contribution in [2.24, 2.45) is 0 Å². The Bertz CT molecular complexity index is 1340. The van der Waals surface area contributed by atoms with Gasteiger partial charge in [0.25, 0.3) is 0 Å². The van der Waals surface area contributed by atoms with Crippen LogP contribution >= 0.6 is 23.5 Å². The molecule has 0 radical (unpaired) electrons. The highest BCUT2D eigenvalue weighted by molar-refractivity contribution is 8.18. The number of phenols is 1. The van der Waals surface area contributed by atoms with E-state index in [1.54, 1.807) is 23.5 Å². The predicted octanol–water partition coefficient (Wildman–Crippen LogP) is 7.38. The molecule has 0 saturated carbocycles. The number of hydrogen-bond donors (Lipinski definition) is 5. The first-order valence-corrected chi connectivity index (χ1v) is 17.7. The molecule has 5 unspecified atom stereocenters. The quantitative estimate of drug-likeness (QED) is 0.151. The van der Waals surface area contributed by atoms with Gasteiger partial charge in [-0.15, -0.1) is 23.5 Å². The molecule has 0 aromatic heterocycles. The number of aliphatic hydroxyl groups excluding tert-OH is 4. The van der Waals surface area contributed by atoms with Gasteiger partial charge in [-0.05, 0) is 59.3 Å². The standard InChI is InChI=1S/C37H58O7S2/c1-33(2,3)21-15-16-25(26(36(10,11)12)31(21)43-19-24-28(39)29(40)30(41)32(42)44-24)46-37(13,14)45-20-17-22(34(4,5)6)27(38)23(18-20)35(7,8)9/h15-18,24,28-30,32,38-42H,19H2,1-14H3.